The van der Waals surface area contributed by atoms with Gasteiger partial charge in [0.05, 0.1) is 31.2 Å². The number of thiazole rings is 1. The fourth-order valence-corrected chi connectivity index (χ4v) is 3.79. The van der Waals surface area contributed by atoms with Crippen LogP contribution in [0.3, 0.4) is 0 Å². The van der Waals surface area contributed by atoms with E-state index in [1.54, 1.807) is 28.5 Å². The number of nitrogens with zero attached hydrogens (tertiary/aromatic N) is 2. The van der Waals surface area contributed by atoms with E-state index >= 15 is 0 Å². The van der Waals surface area contributed by atoms with Crippen LogP contribution in [0.15, 0.2) is 47.8 Å². The van der Waals surface area contributed by atoms with Crippen LogP contribution in [0.4, 0.5) is 10.8 Å². The Bertz CT molecular complexity index is 1040. The highest BCUT2D eigenvalue weighted by Crippen LogP contribution is 2.30. The fraction of sp³-hybridized carbons (Fsp3) is 0.261. The molecule has 0 spiro atoms. The van der Waals surface area contributed by atoms with Gasteiger partial charge in [-0.2, -0.15) is 0 Å². The Morgan fingerprint density at radius 2 is 1.68 bits per heavy atom. The zero-order valence-corrected chi connectivity index (χ0v) is 18.7. The second kappa shape index (κ2) is 10.1. The van der Waals surface area contributed by atoms with Crippen molar-refractivity contribution in [1.29, 1.82) is 0 Å². The van der Waals surface area contributed by atoms with Gasteiger partial charge in [0.25, 0.3) is 0 Å². The van der Waals surface area contributed by atoms with Crippen molar-refractivity contribution in [3.05, 3.63) is 64.7 Å². The molecule has 0 aliphatic carbocycles. The predicted octanol–water partition coefficient (Wildman–Crippen LogP) is 4.76. The van der Waals surface area contributed by atoms with Crippen molar-refractivity contribution in [3.8, 4) is 11.5 Å². The third-order valence-corrected chi connectivity index (χ3v) is 5.46. The minimum Gasteiger partial charge on any atom is -0.497 e. The van der Waals surface area contributed by atoms with E-state index in [4.69, 9.17) is 14.2 Å². The molecule has 162 valence electrons. The predicted molar refractivity (Wildman–Crippen MR) is 119 cm³/mol. The van der Waals surface area contributed by atoms with E-state index in [-0.39, 0.29) is 12.5 Å². The maximum atomic E-state index is 12.5. The molecule has 2 aromatic carbocycles. The first-order valence-corrected chi connectivity index (χ1v) is 10.6. The summed E-state index contributed by atoms with van der Waals surface area (Å²) in [4.78, 5) is 30.8. The number of benzene rings is 2. The number of aromatic nitrogens is 1. The molecule has 7 nitrogen and oxygen atoms in total. The Morgan fingerprint density at radius 1 is 1.03 bits per heavy atom. The number of amides is 1. The number of carbonyl (C=O) groups is 2. The summed E-state index contributed by atoms with van der Waals surface area (Å²) in [5, 5.41) is 2.29. The molecule has 0 bridgehead atoms. The number of rotatable bonds is 8. The lowest BCUT2D eigenvalue weighted by Gasteiger charge is -2.18. The van der Waals surface area contributed by atoms with E-state index in [0.717, 1.165) is 12.1 Å². The van der Waals surface area contributed by atoms with E-state index in [0.29, 0.717) is 27.9 Å². The summed E-state index contributed by atoms with van der Waals surface area (Å²) in [6.07, 6.45) is 0.923. The minimum atomic E-state index is -0.523. The third kappa shape index (κ3) is 5.40. The van der Waals surface area contributed by atoms with Crippen LogP contribution in [0.5, 0.6) is 11.5 Å². The second-order valence-corrected chi connectivity index (χ2v) is 7.51. The lowest BCUT2D eigenvalue weighted by atomic mass is 10.1. The summed E-state index contributed by atoms with van der Waals surface area (Å²) >= 11 is 1.31. The van der Waals surface area contributed by atoms with Crippen LogP contribution in [0.25, 0.3) is 0 Å². The Balaban J connectivity index is 1.72. The second-order valence-electron chi connectivity index (χ2n) is 6.67. The van der Waals surface area contributed by atoms with Crippen molar-refractivity contribution < 1.29 is 23.8 Å². The van der Waals surface area contributed by atoms with Crippen LogP contribution >= 0.6 is 11.3 Å². The third-order valence-electron chi connectivity index (χ3n) is 4.59. The summed E-state index contributed by atoms with van der Waals surface area (Å²) in [5.74, 6) is 0.317. The highest BCUT2D eigenvalue weighted by molar-refractivity contribution is 7.14. The van der Waals surface area contributed by atoms with E-state index in [1.165, 1.54) is 38.0 Å². The molecule has 0 atom stereocenters. The number of hydrogen-bond acceptors (Lipinski definition) is 7. The SMILES string of the molecule is CCc1ccc(N(C(C)=O)c2nc(COC(=O)c3cc(OC)cc(OC)c3)cs2)cc1. The maximum absolute atomic E-state index is 12.5. The lowest BCUT2D eigenvalue weighted by Crippen LogP contribution is -2.22. The van der Waals surface area contributed by atoms with E-state index < -0.39 is 5.97 Å². The van der Waals surface area contributed by atoms with Crippen LogP contribution in [-0.4, -0.2) is 31.1 Å². The summed E-state index contributed by atoms with van der Waals surface area (Å²) < 4.78 is 15.8. The average molecular weight is 441 g/mol. The van der Waals surface area contributed by atoms with Crippen LogP contribution in [0.2, 0.25) is 0 Å². The average Bonchev–Trinajstić information content (AvgIpc) is 3.25. The number of hydrogen-bond donors (Lipinski definition) is 0. The van der Waals surface area contributed by atoms with Crippen molar-refractivity contribution in [3.63, 3.8) is 0 Å². The van der Waals surface area contributed by atoms with Gasteiger partial charge in [-0.3, -0.25) is 9.69 Å². The minimum absolute atomic E-state index is 0.0185. The zero-order chi connectivity index (χ0) is 22.4. The van der Waals surface area contributed by atoms with Crippen molar-refractivity contribution in [2.24, 2.45) is 0 Å². The van der Waals surface area contributed by atoms with Gasteiger partial charge < -0.3 is 14.2 Å². The molecule has 1 amide bonds. The molecule has 0 unspecified atom stereocenters. The van der Waals surface area contributed by atoms with E-state index in [9.17, 15) is 9.59 Å². The van der Waals surface area contributed by atoms with Crippen LogP contribution in [0.1, 0.15) is 35.5 Å². The Morgan fingerprint density at radius 3 is 2.23 bits per heavy atom. The molecule has 0 saturated carbocycles. The molecule has 3 rings (SSSR count). The number of ether oxygens (including phenoxy) is 3. The van der Waals surface area contributed by atoms with Gasteiger partial charge in [-0.25, -0.2) is 9.78 Å². The smallest absolute Gasteiger partial charge is 0.338 e. The first-order chi connectivity index (χ1) is 14.9. The van der Waals surface area contributed by atoms with E-state index in [1.807, 2.05) is 24.3 Å². The van der Waals surface area contributed by atoms with E-state index in [2.05, 4.69) is 11.9 Å². The molecule has 0 aliphatic heterocycles. The summed E-state index contributed by atoms with van der Waals surface area (Å²) in [6.45, 7) is 3.55. The molecule has 3 aromatic rings. The van der Waals surface area contributed by atoms with Crippen LogP contribution in [-0.2, 0) is 22.6 Å². The quantitative estimate of drug-likeness (QED) is 0.470. The first-order valence-electron chi connectivity index (χ1n) is 9.69. The maximum Gasteiger partial charge on any atom is 0.338 e. The van der Waals surface area contributed by atoms with Crippen molar-refractivity contribution in [2.75, 3.05) is 19.1 Å². The van der Waals surface area contributed by atoms with Gasteiger partial charge in [0.2, 0.25) is 5.91 Å². The molecule has 0 aliphatic rings. The molecule has 1 aromatic heterocycles. The molecule has 8 heteroatoms. The highest BCUT2D eigenvalue weighted by atomic mass is 32.1. The molecule has 0 fully saturated rings. The first kappa shape index (κ1) is 22.3. The van der Waals surface area contributed by atoms with Gasteiger partial charge in [0.1, 0.15) is 18.1 Å². The molecule has 0 N–H and O–H groups in total. The number of aryl methyl sites for hydroxylation is 1. The Hall–Kier alpha value is -3.39. The normalized spacial score (nSPS) is 10.5. The highest BCUT2D eigenvalue weighted by Gasteiger charge is 2.19. The summed E-state index contributed by atoms with van der Waals surface area (Å²) in [7, 11) is 3.02. The van der Waals surface area contributed by atoms with Gasteiger partial charge in [0, 0.05) is 18.4 Å². The Labute approximate surface area is 185 Å². The fourth-order valence-electron chi connectivity index (χ4n) is 2.92. The standard InChI is InChI=1S/C23H24N2O5S/c1-5-16-6-8-19(9-7-16)25(15(2)26)23-24-18(14-31-23)13-30-22(27)17-10-20(28-3)12-21(11-17)29-4/h6-12,14H,5,13H2,1-4H3. The topological polar surface area (TPSA) is 78.0 Å². The molecular formula is C23H24N2O5S. The van der Waals surface area contributed by atoms with Gasteiger partial charge >= 0.3 is 5.97 Å². The molecular weight excluding hydrogens is 416 g/mol. The number of esters is 1. The lowest BCUT2D eigenvalue weighted by molar-refractivity contribution is -0.115. The number of anilines is 2. The van der Waals surface area contributed by atoms with Gasteiger partial charge in [0.15, 0.2) is 5.13 Å². The number of carbonyl (C=O) groups excluding carboxylic acids is 2. The largest absolute Gasteiger partial charge is 0.497 e. The van der Waals surface area contributed by atoms with Gasteiger partial charge in [-0.1, -0.05) is 19.1 Å². The molecule has 1 heterocycles. The van der Waals surface area contributed by atoms with Gasteiger partial charge in [-0.15, -0.1) is 11.3 Å². The molecule has 31 heavy (non-hydrogen) atoms. The summed E-state index contributed by atoms with van der Waals surface area (Å²) in [6, 6.07) is 12.6. The molecule has 0 radical (unpaired) electrons. The number of methoxy groups -OCH3 is 2. The zero-order valence-electron chi connectivity index (χ0n) is 17.9. The molecule has 0 saturated heterocycles. The van der Waals surface area contributed by atoms with Gasteiger partial charge in [-0.05, 0) is 36.2 Å². The van der Waals surface area contributed by atoms with Crippen LogP contribution in [0, 0.1) is 0 Å². The van der Waals surface area contributed by atoms with Crippen molar-refractivity contribution >= 4 is 34.0 Å². The summed E-state index contributed by atoms with van der Waals surface area (Å²) in [5.41, 5.74) is 2.80. The Kier molecular flexibility index (Phi) is 7.25. The van der Waals surface area contributed by atoms with Crippen molar-refractivity contribution in [1.82, 2.24) is 4.98 Å². The van der Waals surface area contributed by atoms with Crippen LogP contribution < -0.4 is 14.4 Å². The monoisotopic (exact) mass is 440 g/mol. The van der Waals surface area contributed by atoms with Crippen molar-refractivity contribution in [2.45, 2.75) is 26.9 Å².